The van der Waals surface area contributed by atoms with Crippen LogP contribution in [-0.4, -0.2) is 23.9 Å². The van der Waals surface area contributed by atoms with Crippen LogP contribution in [0.1, 0.15) is 28.9 Å². The zero-order valence-electron chi connectivity index (χ0n) is 11.1. The molecule has 0 saturated heterocycles. The summed E-state index contributed by atoms with van der Waals surface area (Å²) in [6, 6.07) is 9.73. The average molecular weight is 254 g/mol. The van der Waals surface area contributed by atoms with Crippen LogP contribution in [0, 0.1) is 12.8 Å². The Bertz CT molecular complexity index is 617. The highest BCUT2D eigenvalue weighted by molar-refractivity contribution is 6.00. The Hall–Kier alpha value is -1.74. The smallest absolute Gasteiger partial charge is 0.176 e. The molecule has 1 N–H and O–H groups in total. The molecule has 98 valence electrons. The highest BCUT2D eigenvalue weighted by Crippen LogP contribution is 2.27. The zero-order chi connectivity index (χ0) is 13.2. The Morgan fingerprint density at radius 3 is 2.95 bits per heavy atom. The molecule has 1 aromatic heterocycles. The fourth-order valence-corrected chi connectivity index (χ4v) is 2.21. The molecule has 0 aliphatic heterocycles. The summed E-state index contributed by atoms with van der Waals surface area (Å²) in [7, 11) is 0. The van der Waals surface area contributed by atoms with E-state index < -0.39 is 0 Å². The number of carbonyl (C=O) groups is 1. The number of hydrogen-bond acceptors (Lipinski definition) is 3. The third kappa shape index (κ3) is 2.99. The molecule has 0 unspecified atom stereocenters. The van der Waals surface area contributed by atoms with Crippen LogP contribution in [0.5, 0.6) is 0 Å². The van der Waals surface area contributed by atoms with E-state index >= 15 is 0 Å². The Balaban J connectivity index is 1.72. The Morgan fingerprint density at radius 1 is 1.32 bits per heavy atom. The first-order valence-corrected chi connectivity index (χ1v) is 6.84. The molecule has 1 aliphatic carbocycles. The van der Waals surface area contributed by atoms with Crippen LogP contribution in [0.25, 0.3) is 10.9 Å². The minimum Gasteiger partial charge on any atom is -0.309 e. The molecule has 3 nitrogen and oxygen atoms in total. The molecule has 0 atom stereocenters. The molecular weight excluding hydrogens is 236 g/mol. The van der Waals surface area contributed by atoms with Crippen molar-refractivity contribution in [1.82, 2.24) is 10.3 Å². The number of aromatic nitrogens is 1. The molecule has 1 aliphatic rings. The van der Waals surface area contributed by atoms with E-state index in [1.165, 1.54) is 12.8 Å². The number of nitrogens with zero attached hydrogens (tertiary/aromatic N) is 1. The van der Waals surface area contributed by atoms with Crippen molar-refractivity contribution in [3.8, 4) is 0 Å². The van der Waals surface area contributed by atoms with E-state index in [2.05, 4.69) is 10.3 Å². The summed E-state index contributed by atoms with van der Waals surface area (Å²) in [4.78, 5) is 16.5. The normalized spacial score (nSPS) is 14.8. The predicted octanol–water partition coefficient (Wildman–Crippen LogP) is 2.73. The second-order valence-corrected chi connectivity index (χ2v) is 5.36. The van der Waals surface area contributed by atoms with Gasteiger partial charge in [0.1, 0.15) is 0 Å². The monoisotopic (exact) mass is 254 g/mol. The number of pyridine rings is 1. The van der Waals surface area contributed by atoms with Crippen molar-refractivity contribution >= 4 is 16.7 Å². The van der Waals surface area contributed by atoms with Crippen molar-refractivity contribution in [1.29, 1.82) is 0 Å². The number of benzene rings is 1. The molecule has 0 amide bonds. The SMILES string of the molecule is Cc1ccc2cc(C(=O)CNCC3CC3)ccc2n1. The summed E-state index contributed by atoms with van der Waals surface area (Å²) in [6.07, 6.45) is 2.62. The predicted molar refractivity (Wildman–Crippen MR) is 76.4 cm³/mol. The van der Waals surface area contributed by atoms with Crippen LogP contribution in [0.4, 0.5) is 0 Å². The van der Waals surface area contributed by atoms with Gasteiger partial charge in [0.05, 0.1) is 12.1 Å². The number of rotatable bonds is 5. The van der Waals surface area contributed by atoms with E-state index in [0.717, 1.165) is 34.6 Å². The first kappa shape index (κ1) is 12.3. The van der Waals surface area contributed by atoms with Crippen molar-refractivity contribution in [3.05, 3.63) is 41.6 Å². The maximum Gasteiger partial charge on any atom is 0.176 e. The summed E-state index contributed by atoms with van der Waals surface area (Å²) in [5.74, 6) is 0.958. The van der Waals surface area contributed by atoms with Gasteiger partial charge in [0.15, 0.2) is 5.78 Å². The fourth-order valence-electron chi connectivity index (χ4n) is 2.21. The van der Waals surface area contributed by atoms with E-state index in [0.29, 0.717) is 6.54 Å². The van der Waals surface area contributed by atoms with Gasteiger partial charge in [-0.25, -0.2) is 0 Å². The largest absolute Gasteiger partial charge is 0.309 e. The van der Waals surface area contributed by atoms with Gasteiger partial charge >= 0.3 is 0 Å². The number of Topliss-reactive ketones (excluding diaryl/α,β-unsaturated/α-hetero) is 1. The molecule has 0 radical (unpaired) electrons. The Labute approximate surface area is 113 Å². The summed E-state index contributed by atoms with van der Waals surface area (Å²) >= 11 is 0. The molecule has 3 heteroatoms. The lowest BCUT2D eigenvalue weighted by Crippen LogP contribution is -2.24. The number of aryl methyl sites for hydroxylation is 1. The van der Waals surface area contributed by atoms with E-state index in [1.54, 1.807) is 0 Å². The lowest BCUT2D eigenvalue weighted by molar-refractivity contribution is 0.0991. The van der Waals surface area contributed by atoms with Crippen molar-refractivity contribution in [3.63, 3.8) is 0 Å². The van der Waals surface area contributed by atoms with Crippen LogP contribution in [0.3, 0.4) is 0 Å². The zero-order valence-corrected chi connectivity index (χ0v) is 11.1. The maximum atomic E-state index is 12.1. The van der Waals surface area contributed by atoms with Gasteiger partial charge in [0.2, 0.25) is 0 Å². The van der Waals surface area contributed by atoms with Gasteiger partial charge in [0, 0.05) is 16.6 Å². The number of hydrogen-bond donors (Lipinski definition) is 1. The number of fused-ring (bicyclic) bond motifs is 1. The molecule has 1 saturated carbocycles. The topological polar surface area (TPSA) is 42.0 Å². The highest BCUT2D eigenvalue weighted by Gasteiger charge is 2.20. The van der Waals surface area contributed by atoms with Crippen molar-refractivity contribution in [2.45, 2.75) is 19.8 Å². The van der Waals surface area contributed by atoms with E-state index in [-0.39, 0.29) is 5.78 Å². The van der Waals surface area contributed by atoms with Crippen molar-refractivity contribution in [2.24, 2.45) is 5.92 Å². The fraction of sp³-hybridized carbons (Fsp3) is 0.375. The van der Waals surface area contributed by atoms with Crippen molar-refractivity contribution < 1.29 is 4.79 Å². The Morgan fingerprint density at radius 2 is 2.16 bits per heavy atom. The van der Waals surface area contributed by atoms with Gasteiger partial charge < -0.3 is 5.32 Å². The van der Waals surface area contributed by atoms with E-state index in [1.807, 2.05) is 37.3 Å². The minimum absolute atomic E-state index is 0.156. The molecule has 1 aromatic carbocycles. The van der Waals surface area contributed by atoms with E-state index in [9.17, 15) is 4.79 Å². The third-order valence-corrected chi connectivity index (χ3v) is 3.57. The van der Waals surface area contributed by atoms with E-state index in [4.69, 9.17) is 0 Å². The van der Waals surface area contributed by atoms with Crippen molar-refractivity contribution in [2.75, 3.05) is 13.1 Å². The van der Waals surface area contributed by atoms with Gasteiger partial charge in [-0.05, 0) is 56.5 Å². The molecule has 1 heterocycles. The molecule has 3 rings (SSSR count). The summed E-state index contributed by atoms with van der Waals surface area (Å²) in [6.45, 7) is 3.38. The summed E-state index contributed by atoms with van der Waals surface area (Å²) in [5, 5.41) is 4.26. The van der Waals surface area contributed by atoms with Crippen LogP contribution in [-0.2, 0) is 0 Å². The third-order valence-electron chi connectivity index (χ3n) is 3.57. The first-order chi connectivity index (χ1) is 9.22. The van der Waals surface area contributed by atoms with Gasteiger partial charge in [-0.3, -0.25) is 9.78 Å². The van der Waals surface area contributed by atoms with Crippen LogP contribution in [0.2, 0.25) is 0 Å². The molecule has 0 bridgehead atoms. The lowest BCUT2D eigenvalue weighted by Gasteiger charge is -2.05. The molecule has 1 fully saturated rings. The number of ketones is 1. The van der Waals surface area contributed by atoms with Crippen LogP contribution < -0.4 is 5.32 Å². The van der Waals surface area contributed by atoms with Gasteiger partial charge in [-0.15, -0.1) is 0 Å². The Kier molecular flexibility index (Phi) is 3.30. The quantitative estimate of drug-likeness (QED) is 0.834. The van der Waals surface area contributed by atoms with Gasteiger partial charge in [-0.2, -0.15) is 0 Å². The molecule has 2 aromatic rings. The average Bonchev–Trinajstić information content (AvgIpc) is 3.22. The summed E-state index contributed by atoms with van der Waals surface area (Å²) < 4.78 is 0. The van der Waals surface area contributed by atoms with Gasteiger partial charge in [0.25, 0.3) is 0 Å². The lowest BCUT2D eigenvalue weighted by atomic mass is 10.1. The highest BCUT2D eigenvalue weighted by atomic mass is 16.1. The van der Waals surface area contributed by atoms with Crippen LogP contribution in [0.15, 0.2) is 30.3 Å². The standard InChI is InChI=1S/C16H18N2O/c1-11-2-5-13-8-14(6-7-15(13)18-11)16(19)10-17-9-12-3-4-12/h2,5-8,12,17H,3-4,9-10H2,1H3. The molecular formula is C16H18N2O. The molecule has 0 spiro atoms. The molecule has 19 heavy (non-hydrogen) atoms. The second-order valence-electron chi connectivity index (χ2n) is 5.36. The summed E-state index contributed by atoms with van der Waals surface area (Å²) in [5.41, 5.74) is 2.71. The first-order valence-electron chi connectivity index (χ1n) is 6.84. The number of carbonyl (C=O) groups excluding carboxylic acids is 1. The second kappa shape index (κ2) is 5.10. The van der Waals surface area contributed by atoms with Crippen LogP contribution >= 0.6 is 0 Å². The van der Waals surface area contributed by atoms with Gasteiger partial charge in [-0.1, -0.05) is 6.07 Å². The number of nitrogens with one attached hydrogen (secondary N) is 1. The maximum absolute atomic E-state index is 12.1. The minimum atomic E-state index is 0.156.